The molecule has 0 fully saturated rings. The Bertz CT molecular complexity index is 525. The van der Waals surface area contributed by atoms with E-state index < -0.39 is 10.0 Å². The summed E-state index contributed by atoms with van der Waals surface area (Å²) in [6.45, 7) is 7.52. The summed E-state index contributed by atoms with van der Waals surface area (Å²) >= 11 is 0. The highest BCUT2D eigenvalue weighted by Gasteiger charge is 2.22. The van der Waals surface area contributed by atoms with Crippen LogP contribution in [-0.2, 0) is 16.6 Å². The Balaban J connectivity index is 3.06. The Labute approximate surface area is 115 Å². The first kappa shape index (κ1) is 16.1. The van der Waals surface area contributed by atoms with E-state index in [1.807, 2.05) is 20.8 Å². The van der Waals surface area contributed by atoms with Gasteiger partial charge in [0.1, 0.15) is 0 Å². The quantitative estimate of drug-likeness (QED) is 0.842. The van der Waals surface area contributed by atoms with Crippen LogP contribution in [0.3, 0.4) is 0 Å². The van der Waals surface area contributed by atoms with Gasteiger partial charge in [-0.3, -0.25) is 0 Å². The molecule has 0 spiro atoms. The Morgan fingerprint density at radius 2 is 1.95 bits per heavy atom. The lowest BCUT2D eigenvalue weighted by atomic mass is 10.0. The molecule has 2 atom stereocenters. The van der Waals surface area contributed by atoms with Crippen molar-refractivity contribution in [3.05, 3.63) is 29.3 Å². The molecule has 1 rings (SSSR count). The van der Waals surface area contributed by atoms with Gasteiger partial charge in [-0.2, -0.15) is 0 Å². The number of hydrogen-bond donors (Lipinski definition) is 2. The monoisotopic (exact) mass is 285 g/mol. The predicted octanol–water partition coefficient (Wildman–Crippen LogP) is 2.20. The van der Waals surface area contributed by atoms with Gasteiger partial charge in [0.25, 0.3) is 0 Å². The molecule has 0 bridgehead atoms. The molecule has 5 heteroatoms. The van der Waals surface area contributed by atoms with Gasteiger partial charge in [0.15, 0.2) is 0 Å². The van der Waals surface area contributed by atoms with Crippen molar-refractivity contribution in [3.8, 4) is 0 Å². The Morgan fingerprint density at radius 3 is 2.47 bits per heavy atom. The van der Waals surface area contributed by atoms with E-state index in [9.17, 15) is 8.42 Å². The molecule has 19 heavy (non-hydrogen) atoms. The minimum atomic E-state index is -3.54. The Kier molecular flexibility index (Phi) is 5.52. The topological polar surface area (TPSA) is 66.4 Å². The van der Waals surface area contributed by atoms with E-state index >= 15 is 0 Å². The molecule has 0 aliphatic rings. The van der Waals surface area contributed by atoms with Gasteiger partial charge in [0.2, 0.25) is 10.0 Å². The minimum absolute atomic E-state index is 0.118. The van der Waals surface area contributed by atoms with Crippen LogP contribution in [0.1, 0.15) is 38.3 Å². The lowest BCUT2D eigenvalue weighted by Gasteiger charge is -2.20. The van der Waals surface area contributed by atoms with E-state index in [-0.39, 0.29) is 23.5 Å². The normalized spacial score (nSPS) is 15.2. The van der Waals surface area contributed by atoms with E-state index in [2.05, 4.69) is 4.72 Å². The molecule has 0 saturated carbocycles. The Morgan fingerprint density at radius 1 is 1.32 bits per heavy atom. The first-order valence-corrected chi connectivity index (χ1v) is 8.02. The third kappa shape index (κ3) is 4.03. The summed E-state index contributed by atoms with van der Waals surface area (Å²) in [5.41, 5.74) is 1.28. The summed E-state index contributed by atoms with van der Waals surface area (Å²) in [6.07, 6.45) is 0.916. The third-order valence-corrected chi connectivity index (χ3v) is 5.26. The van der Waals surface area contributed by atoms with E-state index in [0.29, 0.717) is 11.1 Å². The SMILES string of the molecule is CCC(C)C(C)NS(=O)(=O)c1cc(CO)ccc1C. The van der Waals surface area contributed by atoms with Gasteiger partial charge in [-0.25, -0.2) is 13.1 Å². The van der Waals surface area contributed by atoms with Crippen LogP contribution in [0.4, 0.5) is 0 Å². The fourth-order valence-corrected chi connectivity index (χ4v) is 3.46. The number of aliphatic hydroxyl groups is 1. The summed E-state index contributed by atoms with van der Waals surface area (Å²) in [5, 5.41) is 9.11. The zero-order chi connectivity index (χ0) is 14.6. The molecule has 0 radical (unpaired) electrons. The second-order valence-electron chi connectivity index (χ2n) is 5.05. The van der Waals surface area contributed by atoms with Crippen molar-refractivity contribution in [1.29, 1.82) is 0 Å². The lowest BCUT2D eigenvalue weighted by Crippen LogP contribution is -2.37. The molecule has 1 aromatic carbocycles. The van der Waals surface area contributed by atoms with Crippen LogP contribution in [-0.4, -0.2) is 19.6 Å². The average molecular weight is 285 g/mol. The fraction of sp³-hybridized carbons (Fsp3) is 0.571. The van der Waals surface area contributed by atoms with Gasteiger partial charge in [-0.1, -0.05) is 32.4 Å². The van der Waals surface area contributed by atoms with Crippen molar-refractivity contribution in [3.63, 3.8) is 0 Å². The van der Waals surface area contributed by atoms with Gasteiger partial charge >= 0.3 is 0 Å². The minimum Gasteiger partial charge on any atom is -0.392 e. The second-order valence-corrected chi connectivity index (χ2v) is 6.74. The summed E-state index contributed by atoms with van der Waals surface area (Å²) in [5.74, 6) is 0.274. The molecule has 1 aromatic rings. The molecular formula is C14H23NO3S. The van der Waals surface area contributed by atoms with Gasteiger partial charge in [-0.15, -0.1) is 0 Å². The van der Waals surface area contributed by atoms with Crippen LogP contribution in [0.25, 0.3) is 0 Å². The van der Waals surface area contributed by atoms with Crippen molar-refractivity contribution < 1.29 is 13.5 Å². The van der Waals surface area contributed by atoms with Crippen LogP contribution in [0.5, 0.6) is 0 Å². The van der Waals surface area contributed by atoms with E-state index in [0.717, 1.165) is 6.42 Å². The summed E-state index contributed by atoms with van der Waals surface area (Å²) < 4.78 is 27.4. The van der Waals surface area contributed by atoms with E-state index in [1.165, 1.54) is 6.07 Å². The first-order chi connectivity index (χ1) is 8.81. The van der Waals surface area contributed by atoms with Gasteiger partial charge in [0.05, 0.1) is 11.5 Å². The highest BCUT2D eigenvalue weighted by atomic mass is 32.2. The van der Waals surface area contributed by atoms with Crippen LogP contribution in [0, 0.1) is 12.8 Å². The molecule has 0 heterocycles. The smallest absolute Gasteiger partial charge is 0.241 e. The number of rotatable bonds is 6. The molecule has 0 aromatic heterocycles. The predicted molar refractivity (Wildman–Crippen MR) is 76.3 cm³/mol. The standard InChI is InChI=1S/C14H23NO3S/c1-5-10(2)12(4)15-19(17,18)14-8-13(9-16)7-6-11(14)3/h6-8,10,12,15-16H,5,9H2,1-4H3. The molecule has 0 saturated heterocycles. The van der Waals surface area contributed by atoms with E-state index in [4.69, 9.17) is 5.11 Å². The maximum Gasteiger partial charge on any atom is 0.241 e. The van der Waals surface area contributed by atoms with Crippen LogP contribution < -0.4 is 4.72 Å². The number of nitrogens with one attached hydrogen (secondary N) is 1. The van der Waals surface area contributed by atoms with Crippen LogP contribution in [0.2, 0.25) is 0 Å². The largest absolute Gasteiger partial charge is 0.392 e. The summed E-state index contributed by atoms with van der Waals surface area (Å²) in [7, 11) is -3.54. The van der Waals surface area contributed by atoms with Crippen molar-refractivity contribution in [2.24, 2.45) is 5.92 Å². The molecule has 2 N–H and O–H groups in total. The zero-order valence-electron chi connectivity index (χ0n) is 12.0. The van der Waals surface area contributed by atoms with Gasteiger partial charge in [0, 0.05) is 6.04 Å². The second kappa shape index (κ2) is 6.50. The van der Waals surface area contributed by atoms with Crippen molar-refractivity contribution in [2.75, 3.05) is 0 Å². The van der Waals surface area contributed by atoms with Gasteiger partial charge in [-0.05, 0) is 37.0 Å². The highest BCUT2D eigenvalue weighted by molar-refractivity contribution is 7.89. The third-order valence-electron chi connectivity index (χ3n) is 3.56. The number of sulfonamides is 1. The van der Waals surface area contributed by atoms with Crippen LogP contribution in [0.15, 0.2) is 23.1 Å². The summed E-state index contributed by atoms with van der Waals surface area (Å²) in [4.78, 5) is 0.245. The first-order valence-electron chi connectivity index (χ1n) is 6.54. The van der Waals surface area contributed by atoms with E-state index in [1.54, 1.807) is 19.1 Å². The van der Waals surface area contributed by atoms with Crippen molar-refractivity contribution in [2.45, 2.75) is 51.7 Å². The Hall–Kier alpha value is -0.910. The zero-order valence-corrected chi connectivity index (χ0v) is 12.8. The molecule has 4 nitrogen and oxygen atoms in total. The molecule has 0 aliphatic heterocycles. The summed E-state index contributed by atoms with van der Waals surface area (Å²) in [6, 6.07) is 4.86. The maximum atomic E-state index is 12.4. The molecular weight excluding hydrogens is 262 g/mol. The molecule has 2 unspecified atom stereocenters. The number of aliphatic hydroxyl groups excluding tert-OH is 1. The molecule has 0 amide bonds. The fourth-order valence-electron chi connectivity index (χ4n) is 1.81. The van der Waals surface area contributed by atoms with Crippen molar-refractivity contribution >= 4 is 10.0 Å². The van der Waals surface area contributed by atoms with Gasteiger partial charge < -0.3 is 5.11 Å². The molecule has 108 valence electrons. The maximum absolute atomic E-state index is 12.4. The molecule has 0 aliphatic carbocycles. The average Bonchev–Trinajstić information content (AvgIpc) is 2.37. The van der Waals surface area contributed by atoms with Crippen molar-refractivity contribution in [1.82, 2.24) is 4.72 Å². The number of benzene rings is 1. The number of aryl methyl sites for hydroxylation is 1. The highest BCUT2D eigenvalue weighted by Crippen LogP contribution is 2.19. The number of hydrogen-bond acceptors (Lipinski definition) is 3. The lowest BCUT2D eigenvalue weighted by molar-refractivity contribution is 0.281. The van der Waals surface area contributed by atoms with Crippen LogP contribution >= 0.6 is 0 Å².